The third-order valence-electron chi connectivity index (χ3n) is 7.70. The quantitative estimate of drug-likeness (QED) is 0.350. The SMILES string of the molecule is Cc1nnc(Nc2ccc3c(c2)ncn3-c2ccc(C3CC3)c(-n3nc(C#N)cc3C)n2)cc1C1CN(C)C1. The molecule has 10 heteroatoms. The molecule has 4 aromatic heterocycles. The van der Waals surface area contributed by atoms with Crippen molar-refractivity contribution >= 4 is 22.5 Å². The lowest BCUT2D eigenvalue weighted by molar-refractivity contribution is 0.189. The highest BCUT2D eigenvalue weighted by Gasteiger charge is 2.29. The summed E-state index contributed by atoms with van der Waals surface area (Å²) in [7, 11) is 2.13. The molecule has 5 aromatic rings. The van der Waals surface area contributed by atoms with Gasteiger partial charge in [0.05, 0.1) is 16.7 Å². The first-order valence-electron chi connectivity index (χ1n) is 13.2. The first-order valence-corrected chi connectivity index (χ1v) is 13.2. The zero-order valence-electron chi connectivity index (χ0n) is 22.1. The van der Waals surface area contributed by atoms with Crippen molar-refractivity contribution in [1.29, 1.82) is 5.26 Å². The van der Waals surface area contributed by atoms with Crippen LogP contribution in [0.25, 0.3) is 22.7 Å². The van der Waals surface area contributed by atoms with Gasteiger partial charge in [0.2, 0.25) is 0 Å². The van der Waals surface area contributed by atoms with Crippen LogP contribution in [-0.2, 0) is 0 Å². The Balaban J connectivity index is 1.21. The molecular formula is C29H28N10. The molecule has 0 bridgehead atoms. The van der Waals surface area contributed by atoms with Crippen LogP contribution in [0.2, 0.25) is 0 Å². The Morgan fingerprint density at radius 1 is 0.974 bits per heavy atom. The number of benzene rings is 1. The summed E-state index contributed by atoms with van der Waals surface area (Å²) in [6.07, 6.45) is 4.09. The predicted octanol–water partition coefficient (Wildman–Crippen LogP) is 4.53. The van der Waals surface area contributed by atoms with Crippen molar-refractivity contribution in [2.75, 3.05) is 25.5 Å². The molecule has 1 aromatic carbocycles. The van der Waals surface area contributed by atoms with E-state index >= 15 is 0 Å². The molecule has 1 aliphatic heterocycles. The summed E-state index contributed by atoms with van der Waals surface area (Å²) in [4.78, 5) is 12.0. The van der Waals surface area contributed by atoms with Gasteiger partial charge in [0, 0.05) is 36.0 Å². The molecule has 2 fully saturated rings. The molecule has 7 rings (SSSR count). The molecular weight excluding hydrogens is 488 g/mol. The average Bonchev–Trinajstić information content (AvgIpc) is 3.57. The number of fused-ring (bicyclic) bond motifs is 1. The van der Waals surface area contributed by atoms with Crippen LogP contribution in [0.5, 0.6) is 0 Å². The van der Waals surface area contributed by atoms with E-state index in [4.69, 9.17) is 4.98 Å². The molecule has 0 unspecified atom stereocenters. The van der Waals surface area contributed by atoms with E-state index in [2.05, 4.69) is 55.7 Å². The summed E-state index contributed by atoms with van der Waals surface area (Å²) >= 11 is 0. The van der Waals surface area contributed by atoms with Gasteiger partial charge in [0.15, 0.2) is 17.3 Å². The minimum absolute atomic E-state index is 0.389. The van der Waals surface area contributed by atoms with Crippen LogP contribution < -0.4 is 5.32 Å². The van der Waals surface area contributed by atoms with Crippen LogP contribution in [0.1, 0.15) is 52.9 Å². The number of anilines is 2. The molecule has 1 saturated carbocycles. The molecule has 39 heavy (non-hydrogen) atoms. The van der Waals surface area contributed by atoms with Gasteiger partial charge in [0.1, 0.15) is 18.2 Å². The lowest BCUT2D eigenvalue weighted by Crippen LogP contribution is -2.42. The van der Waals surface area contributed by atoms with Crippen molar-refractivity contribution in [3.63, 3.8) is 0 Å². The second-order valence-electron chi connectivity index (χ2n) is 10.7. The van der Waals surface area contributed by atoms with E-state index in [0.29, 0.717) is 17.5 Å². The summed E-state index contributed by atoms with van der Waals surface area (Å²) in [5.41, 5.74) is 7.37. The highest BCUT2D eigenvalue weighted by atomic mass is 15.3. The normalized spacial score (nSPS) is 15.8. The van der Waals surface area contributed by atoms with E-state index in [1.54, 1.807) is 17.1 Å². The number of likely N-dealkylation sites (tertiary alicyclic amines) is 1. The summed E-state index contributed by atoms with van der Waals surface area (Å²) in [5.74, 6) is 3.26. The summed E-state index contributed by atoms with van der Waals surface area (Å²) in [6.45, 7) is 6.07. The number of likely N-dealkylation sites (N-methyl/N-ethyl adjacent to an activating group) is 1. The van der Waals surface area contributed by atoms with Gasteiger partial charge in [-0.15, -0.1) is 5.10 Å². The number of aryl methyl sites for hydroxylation is 2. The number of nitrogens with one attached hydrogen (secondary N) is 1. The van der Waals surface area contributed by atoms with Crippen LogP contribution in [0, 0.1) is 25.2 Å². The minimum atomic E-state index is 0.389. The van der Waals surface area contributed by atoms with E-state index in [-0.39, 0.29) is 0 Å². The Labute approximate surface area is 225 Å². The Morgan fingerprint density at radius 2 is 1.82 bits per heavy atom. The van der Waals surface area contributed by atoms with Crippen LogP contribution >= 0.6 is 0 Å². The van der Waals surface area contributed by atoms with Gasteiger partial charge in [-0.05, 0) is 81.6 Å². The van der Waals surface area contributed by atoms with Crippen LogP contribution in [0.15, 0.2) is 48.8 Å². The Bertz CT molecular complexity index is 1760. The molecule has 0 spiro atoms. The fraction of sp³-hybridized carbons (Fsp3) is 0.310. The first kappa shape index (κ1) is 23.5. The maximum Gasteiger partial charge on any atom is 0.163 e. The van der Waals surface area contributed by atoms with Crippen molar-refractivity contribution in [1.82, 2.24) is 39.4 Å². The van der Waals surface area contributed by atoms with Crippen molar-refractivity contribution in [2.45, 2.75) is 38.5 Å². The smallest absolute Gasteiger partial charge is 0.163 e. The second kappa shape index (κ2) is 8.99. The number of hydrogen-bond donors (Lipinski definition) is 1. The van der Waals surface area contributed by atoms with E-state index in [0.717, 1.165) is 77.1 Å². The standard InChI is InChI=1S/C29H28N10/c1-17-10-22(13-30)36-39(17)29-23(19-4-5-19)7-9-28(33-29)38-16-31-25-11-21(6-8-26(25)38)32-27-12-24(18(2)34-35-27)20-14-37(3)15-20/h6-12,16,19-20H,4-5,14-15H2,1-3H3,(H,32,35). The van der Waals surface area contributed by atoms with Gasteiger partial charge in [-0.1, -0.05) is 6.07 Å². The topological polar surface area (TPSA) is 113 Å². The molecule has 0 radical (unpaired) electrons. The van der Waals surface area contributed by atoms with Crippen LogP contribution in [0.3, 0.4) is 0 Å². The maximum absolute atomic E-state index is 9.35. The molecule has 2 aliphatic rings. The van der Waals surface area contributed by atoms with Crippen molar-refractivity contribution in [2.24, 2.45) is 0 Å². The van der Waals surface area contributed by atoms with E-state index in [1.165, 1.54) is 5.56 Å². The molecule has 1 aliphatic carbocycles. The average molecular weight is 517 g/mol. The number of nitriles is 1. The summed E-state index contributed by atoms with van der Waals surface area (Å²) < 4.78 is 3.77. The molecule has 1 N–H and O–H groups in total. The van der Waals surface area contributed by atoms with Crippen molar-refractivity contribution in [3.05, 3.63) is 77.0 Å². The van der Waals surface area contributed by atoms with Gasteiger partial charge in [0.25, 0.3) is 0 Å². The first-order chi connectivity index (χ1) is 19.0. The van der Waals surface area contributed by atoms with E-state index in [9.17, 15) is 5.26 Å². The lowest BCUT2D eigenvalue weighted by atomic mass is 9.91. The highest BCUT2D eigenvalue weighted by molar-refractivity contribution is 5.82. The number of imidazole rings is 1. The number of aromatic nitrogens is 7. The molecule has 0 amide bonds. The molecule has 1 saturated heterocycles. The van der Waals surface area contributed by atoms with Gasteiger partial charge in [-0.2, -0.15) is 15.5 Å². The minimum Gasteiger partial charge on any atom is -0.339 e. The predicted molar refractivity (Wildman–Crippen MR) is 148 cm³/mol. The zero-order chi connectivity index (χ0) is 26.7. The van der Waals surface area contributed by atoms with Crippen molar-refractivity contribution < 1.29 is 0 Å². The number of rotatable bonds is 6. The van der Waals surface area contributed by atoms with Gasteiger partial charge in [-0.3, -0.25) is 4.57 Å². The molecule has 0 atom stereocenters. The molecule has 10 nitrogen and oxygen atoms in total. The Kier molecular flexibility index (Phi) is 5.42. The van der Waals surface area contributed by atoms with Gasteiger partial charge < -0.3 is 10.2 Å². The second-order valence-corrected chi connectivity index (χ2v) is 10.7. The van der Waals surface area contributed by atoms with E-state index < -0.39 is 0 Å². The third-order valence-corrected chi connectivity index (χ3v) is 7.70. The van der Waals surface area contributed by atoms with E-state index in [1.807, 2.05) is 42.7 Å². The molecule has 5 heterocycles. The van der Waals surface area contributed by atoms with Crippen LogP contribution in [0.4, 0.5) is 11.5 Å². The Morgan fingerprint density at radius 3 is 2.56 bits per heavy atom. The Hall–Kier alpha value is -4.62. The lowest BCUT2D eigenvalue weighted by Gasteiger charge is -2.37. The van der Waals surface area contributed by atoms with Crippen molar-refractivity contribution in [3.8, 4) is 17.7 Å². The number of hydrogen-bond acceptors (Lipinski definition) is 8. The highest BCUT2D eigenvalue weighted by Crippen LogP contribution is 2.42. The van der Waals surface area contributed by atoms with Crippen LogP contribution in [-0.4, -0.2) is 59.5 Å². The number of pyridine rings is 1. The third kappa shape index (κ3) is 4.21. The fourth-order valence-electron chi connectivity index (χ4n) is 5.47. The number of nitrogens with zero attached hydrogens (tertiary/aromatic N) is 9. The maximum atomic E-state index is 9.35. The monoisotopic (exact) mass is 516 g/mol. The van der Waals surface area contributed by atoms with Gasteiger partial charge in [-0.25, -0.2) is 14.6 Å². The molecule has 194 valence electrons. The summed E-state index contributed by atoms with van der Waals surface area (Å²) in [5, 5.41) is 26.0. The largest absolute Gasteiger partial charge is 0.339 e. The van der Waals surface area contributed by atoms with Gasteiger partial charge >= 0.3 is 0 Å². The zero-order valence-corrected chi connectivity index (χ0v) is 22.1. The summed E-state index contributed by atoms with van der Waals surface area (Å²) in [6, 6.07) is 16.3. The fourth-order valence-corrected chi connectivity index (χ4v) is 5.47.